The molecule has 1 aromatic carbocycles. The van der Waals surface area contributed by atoms with Crippen molar-refractivity contribution in [3.05, 3.63) is 29.3 Å². The number of aromatic carboxylic acids is 1. The second-order valence-electron chi connectivity index (χ2n) is 4.80. The van der Waals surface area contributed by atoms with Crippen molar-refractivity contribution in [1.29, 1.82) is 0 Å². The Kier molecular flexibility index (Phi) is 6.24. The van der Waals surface area contributed by atoms with Gasteiger partial charge in [0.25, 0.3) is 0 Å². The summed E-state index contributed by atoms with van der Waals surface area (Å²) in [6.07, 6.45) is 2.45. The van der Waals surface area contributed by atoms with Crippen LogP contribution in [0, 0.1) is 0 Å². The van der Waals surface area contributed by atoms with Gasteiger partial charge >= 0.3 is 5.97 Å². The Labute approximate surface area is 130 Å². The number of carbonyl (C=O) groups is 1. The lowest BCUT2D eigenvalue weighted by Crippen LogP contribution is -2.36. The van der Waals surface area contributed by atoms with Gasteiger partial charge in [0.1, 0.15) is 0 Å². The molecule has 7 heteroatoms. The molecule has 0 heterocycles. The van der Waals surface area contributed by atoms with Crippen LogP contribution in [0.5, 0.6) is 0 Å². The predicted octanol–water partition coefficient (Wildman–Crippen LogP) is 2.32. The minimum absolute atomic E-state index is 0.0209. The first kappa shape index (κ1) is 18.0. The molecule has 0 fully saturated rings. The van der Waals surface area contributed by atoms with Crippen LogP contribution in [-0.2, 0) is 16.4 Å². The van der Waals surface area contributed by atoms with Crippen molar-refractivity contribution >= 4 is 27.8 Å². The van der Waals surface area contributed by atoms with Crippen LogP contribution in [0.1, 0.15) is 29.8 Å². The molecule has 21 heavy (non-hydrogen) atoms. The lowest BCUT2D eigenvalue weighted by atomic mass is 10.1. The van der Waals surface area contributed by atoms with Crippen LogP contribution in [0.3, 0.4) is 0 Å². The molecular weight excluding hydrogens is 310 g/mol. The smallest absolute Gasteiger partial charge is 0.336 e. The molecule has 0 spiro atoms. The molecule has 1 aromatic rings. The summed E-state index contributed by atoms with van der Waals surface area (Å²) in [4.78, 5) is 11.3. The Balaban J connectivity index is 3.26. The van der Waals surface area contributed by atoms with Crippen molar-refractivity contribution in [2.45, 2.75) is 31.2 Å². The molecule has 0 aliphatic carbocycles. The molecule has 0 radical (unpaired) electrons. The minimum atomic E-state index is -3.68. The van der Waals surface area contributed by atoms with Crippen LogP contribution in [0.15, 0.2) is 23.1 Å². The summed E-state index contributed by atoms with van der Waals surface area (Å²) < 4.78 is 26.4. The van der Waals surface area contributed by atoms with Gasteiger partial charge in [-0.2, -0.15) is 16.1 Å². The molecule has 0 saturated carbocycles. The molecule has 5 nitrogen and oxygen atoms in total. The van der Waals surface area contributed by atoms with Gasteiger partial charge < -0.3 is 5.11 Å². The zero-order valence-corrected chi connectivity index (χ0v) is 14.3. The average Bonchev–Trinajstić information content (AvgIpc) is 2.45. The summed E-state index contributed by atoms with van der Waals surface area (Å²) in [5.41, 5.74) is 0.672. The Morgan fingerprint density at radius 2 is 2.05 bits per heavy atom. The van der Waals surface area contributed by atoms with E-state index >= 15 is 0 Å². The van der Waals surface area contributed by atoms with E-state index in [1.54, 1.807) is 17.8 Å². The van der Waals surface area contributed by atoms with Gasteiger partial charge in [-0.15, -0.1) is 0 Å². The summed E-state index contributed by atoms with van der Waals surface area (Å²) >= 11 is 1.56. The van der Waals surface area contributed by atoms with E-state index in [1.165, 1.54) is 23.5 Å². The van der Waals surface area contributed by atoms with Crippen LogP contribution >= 0.6 is 11.8 Å². The predicted molar refractivity (Wildman–Crippen MR) is 85.6 cm³/mol. The third-order valence-corrected chi connectivity index (χ3v) is 6.18. The van der Waals surface area contributed by atoms with Crippen molar-refractivity contribution < 1.29 is 18.3 Å². The van der Waals surface area contributed by atoms with Crippen LogP contribution in [0.2, 0.25) is 0 Å². The normalized spacial score (nSPS) is 13.4. The van der Waals surface area contributed by atoms with Crippen molar-refractivity contribution in [3.63, 3.8) is 0 Å². The summed E-state index contributed by atoms with van der Waals surface area (Å²) in [6, 6.07) is 4.13. The second kappa shape index (κ2) is 7.29. The van der Waals surface area contributed by atoms with E-state index < -0.39 is 16.0 Å². The van der Waals surface area contributed by atoms with Crippen LogP contribution in [0.25, 0.3) is 0 Å². The number of aryl methyl sites for hydroxylation is 1. The lowest BCUT2D eigenvalue weighted by Gasteiger charge is -2.24. The lowest BCUT2D eigenvalue weighted by molar-refractivity contribution is 0.0695. The summed E-state index contributed by atoms with van der Waals surface area (Å²) in [7, 11) is -2.17. The maximum Gasteiger partial charge on any atom is 0.336 e. The quantitative estimate of drug-likeness (QED) is 0.830. The average molecular weight is 331 g/mol. The topological polar surface area (TPSA) is 74.7 Å². The van der Waals surface area contributed by atoms with E-state index in [9.17, 15) is 18.3 Å². The molecule has 1 unspecified atom stereocenters. The minimum Gasteiger partial charge on any atom is -0.478 e. The molecule has 0 saturated heterocycles. The van der Waals surface area contributed by atoms with Crippen molar-refractivity contribution in [2.24, 2.45) is 0 Å². The number of carboxylic acid groups (broad SMARTS) is 1. The Hall–Kier alpha value is -1.05. The standard InChI is InChI=1S/C14H21NO4S2/c1-5-11-6-7-12(8-13(11)14(16)17)21(18,19)15(3)10(2)9-20-4/h6-8,10H,5,9H2,1-4H3,(H,16,17). The van der Waals surface area contributed by atoms with Gasteiger partial charge in [0.2, 0.25) is 10.0 Å². The molecular formula is C14H21NO4S2. The van der Waals surface area contributed by atoms with E-state index in [0.29, 0.717) is 17.7 Å². The Bertz CT molecular complexity index is 613. The van der Waals surface area contributed by atoms with Crippen molar-refractivity contribution in [1.82, 2.24) is 4.31 Å². The van der Waals surface area contributed by atoms with E-state index in [0.717, 1.165) is 0 Å². The maximum atomic E-state index is 12.5. The molecule has 0 aliphatic heterocycles. The van der Waals surface area contributed by atoms with Gasteiger partial charge in [0.05, 0.1) is 10.5 Å². The van der Waals surface area contributed by atoms with Crippen molar-refractivity contribution in [3.8, 4) is 0 Å². The molecule has 0 aliphatic rings. The molecule has 0 aromatic heterocycles. The fraction of sp³-hybridized carbons (Fsp3) is 0.500. The first-order valence-corrected chi connectivity index (χ1v) is 9.42. The highest BCUT2D eigenvalue weighted by Gasteiger charge is 2.26. The summed E-state index contributed by atoms with van der Waals surface area (Å²) in [6.45, 7) is 3.66. The fourth-order valence-electron chi connectivity index (χ4n) is 1.97. The molecule has 118 valence electrons. The summed E-state index contributed by atoms with van der Waals surface area (Å²) in [5, 5.41) is 9.21. The van der Waals surface area contributed by atoms with Gasteiger partial charge in [-0.3, -0.25) is 0 Å². The van der Waals surface area contributed by atoms with Gasteiger partial charge in [-0.25, -0.2) is 13.2 Å². The van der Waals surface area contributed by atoms with Gasteiger partial charge in [0.15, 0.2) is 0 Å². The SMILES string of the molecule is CCc1ccc(S(=O)(=O)N(C)C(C)CSC)cc1C(=O)O. The number of hydrogen-bond acceptors (Lipinski definition) is 4. The van der Waals surface area contributed by atoms with Crippen LogP contribution < -0.4 is 0 Å². The fourth-order valence-corrected chi connectivity index (χ4v) is 4.16. The van der Waals surface area contributed by atoms with Crippen LogP contribution in [0.4, 0.5) is 0 Å². The number of carboxylic acids is 1. The maximum absolute atomic E-state index is 12.5. The highest BCUT2D eigenvalue weighted by molar-refractivity contribution is 7.98. The van der Waals surface area contributed by atoms with E-state index in [-0.39, 0.29) is 16.5 Å². The molecule has 1 rings (SSSR count). The van der Waals surface area contributed by atoms with Gasteiger partial charge in [-0.1, -0.05) is 13.0 Å². The summed E-state index contributed by atoms with van der Waals surface area (Å²) in [5.74, 6) is -0.433. The number of sulfonamides is 1. The van der Waals surface area contributed by atoms with E-state index in [4.69, 9.17) is 0 Å². The first-order valence-electron chi connectivity index (χ1n) is 6.58. The highest BCUT2D eigenvalue weighted by atomic mass is 32.2. The number of rotatable bonds is 7. The molecule has 0 bridgehead atoms. The number of benzene rings is 1. The monoisotopic (exact) mass is 331 g/mol. The Morgan fingerprint density at radius 3 is 2.52 bits per heavy atom. The highest BCUT2D eigenvalue weighted by Crippen LogP contribution is 2.21. The zero-order chi connectivity index (χ0) is 16.2. The van der Waals surface area contributed by atoms with Crippen molar-refractivity contribution in [2.75, 3.05) is 19.1 Å². The molecule has 1 atom stereocenters. The largest absolute Gasteiger partial charge is 0.478 e. The third kappa shape index (κ3) is 3.99. The van der Waals surface area contributed by atoms with Crippen LogP contribution in [-0.4, -0.2) is 48.9 Å². The second-order valence-corrected chi connectivity index (χ2v) is 7.71. The molecule has 1 N–H and O–H groups in total. The first-order chi connectivity index (χ1) is 9.75. The molecule has 0 amide bonds. The number of thioether (sulfide) groups is 1. The van der Waals surface area contributed by atoms with E-state index in [2.05, 4.69) is 0 Å². The number of nitrogens with zero attached hydrogens (tertiary/aromatic N) is 1. The van der Waals surface area contributed by atoms with Gasteiger partial charge in [0, 0.05) is 18.8 Å². The third-order valence-electron chi connectivity index (χ3n) is 3.40. The zero-order valence-electron chi connectivity index (χ0n) is 12.7. The van der Waals surface area contributed by atoms with Gasteiger partial charge in [-0.05, 0) is 37.3 Å². The van der Waals surface area contributed by atoms with E-state index in [1.807, 2.05) is 20.1 Å². The number of hydrogen-bond donors (Lipinski definition) is 1. The Morgan fingerprint density at radius 1 is 1.43 bits per heavy atom.